The first-order chi connectivity index (χ1) is 13.0. The fraction of sp³-hybridized carbons (Fsp3) is 0.333. The lowest BCUT2D eigenvalue weighted by Crippen LogP contribution is -2.39. The number of hydroxylamine groups is 1. The molecule has 0 saturated carbocycles. The van der Waals surface area contributed by atoms with Gasteiger partial charge in [0.25, 0.3) is 5.91 Å². The number of halogens is 1. The van der Waals surface area contributed by atoms with Crippen molar-refractivity contribution in [3.63, 3.8) is 0 Å². The predicted molar refractivity (Wildman–Crippen MR) is 98.0 cm³/mol. The topological polar surface area (TPSA) is 49.9 Å². The van der Waals surface area contributed by atoms with Gasteiger partial charge in [0.1, 0.15) is 11.7 Å². The van der Waals surface area contributed by atoms with E-state index in [2.05, 4.69) is 0 Å². The van der Waals surface area contributed by atoms with Crippen molar-refractivity contribution in [3.8, 4) is 0 Å². The van der Waals surface area contributed by atoms with Gasteiger partial charge in [0.15, 0.2) is 6.10 Å². The van der Waals surface area contributed by atoms with E-state index in [0.717, 1.165) is 11.3 Å². The second kappa shape index (κ2) is 6.78. The molecule has 0 N–H and O–H groups in total. The van der Waals surface area contributed by atoms with Gasteiger partial charge >= 0.3 is 0 Å². The van der Waals surface area contributed by atoms with Crippen molar-refractivity contribution in [1.29, 1.82) is 0 Å². The third-order valence-electron chi connectivity index (χ3n) is 4.98. The molecule has 5 nitrogen and oxygen atoms in total. The van der Waals surface area contributed by atoms with E-state index < -0.39 is 18.1 Å². The van der Waals surface area contributed by atoms with Gasteiger partial charge in [0, 0.05) is 6.54 Å². The second-order valence-corrected chi connectivity index (χ2v) is 7.39. The SMILES string of the molecule is CC(C)CN1C(=O)[C@H]2[C@H](ON(c3ccccc3)[C@@H]2c2ccc(F)cc2)C1=O. The molecule has 2 aliphatic heterocycles. The van der Waals surface area contributed by atoms with Gasteiger partial charge in [-0.2, -0.15) is 0 Å². The predicted octanol–water partition coefficient (Wildman–Crippen LogP) is 3.33. The molecule has 0 bridgehead atoms. The zero-order chi connectivity index (χ0) is 19.1. The fourth-order valence-electron chi connectivity index (χ4n) is 3.81. The Balaban J connectivity index is 1.76. The van der Waals surface area contributed by atoms with Crippen LogP contribution in [0.1, 0.15) is 25.5 Å². The van der Waals surface area contributed by atoms with Gasteiger partial charge in [0.2, 0.25) is 5.91 Å². The average molecular weight is 368 g/mol. The average Bonchev–Trinajstić information content (AvgIpc) is 3.15. The maximum absolute atomic E-state index is 13.4. The number of hydrogen-bond donors (Lipinski definition) is 0. The number of hydrogen-bond acceptors (Lipinski definition) is 4. The Morgan fingerprint density at radius 2 is 1.67 bits per heavy atom. The minimum absolute atomic E-state index is 0.172. The van der Waals surface area contributed by atoms with Gasteiger partial charge in [0.05, 0.1) is 11.7 Å². The summed E-state index contributed by atoms with van der Waals surface area (Å²) in [6.07, 6.45) is -0.855. The number of likely N-dealkylation sites (tertiary alicyclic amines) is 1. The van der Waals surface area contributed by atoms with Crippen LogP contribution in [0.4, 0.5) is 10.1 Å². The monoisotopic (exact) mass is 368 g/mol. The lowest BCUT2D eigenvalue weighted by Gasteiger charge is -2.29. The number of benzene rings is 2. The van der Waals surface area contributed by atoms with Crippen LogP contribution in [0.2, 0.25) is 0 Å². The number of nitrogens with zero attached hydrogens (tertiary/aromatic N) is 2. The maximum atomic E-state index is 13.4. The summed E-state index contributed by atoms with van der Waals surface area (Å²) in [7, 11) is 0. The van der Waals surface area contributed by atoms with Crippen LogP contribution in [-0.4, -0.2) is 29.4 Å². The molecular formula is C21H21FN2O3. The molecule has 2 saturated heterocycles. The minimum atomic E-state index is -0.855. The van der Waals surface area contributed by atoms with Crippen LogP contribution in [0.3, 0.4) is 0 Å². The van der Waals surface area contributed by atoms with E-state index in [0.29, 0.717) is 6.54 Å². The molecule has 6 heteroatoms. The highest BCUT2D eigenvalue weighted by Crippen LogP contribution is 2.46. The highest BCUT2D eigenvalue weighted by Gasteiger charge is 2.59. The Morgan fingerprint density at radius 3 is 2.30 bits per heavy atom. The van der Waals surface area contributed by atoms with Crippen molar-refractivity contribution in [1.82, 2.24) is 4.90 Å². The van der Waals surface area contributed by atoms with Crippen LogP contribution >= 0.6 is 0 Å². The summed E-state index contributed by atoms with van der Waals surface area (Å²) in [5.74, 6) is -1.36. The third-order valence-corrected chi connectivity index (χ3v) is 4.98. The standard InChI is InChI=1S/C21H21FN2O3/c1-13(2)12-23-20(25)17-18(14-8-10-15(22)11-9-14)24(27-19(17)21(23)26)16-6-4-3-5-7-16/h3-11,13,17-19H,12H2,1-2H3/t17-,18-,19+/m1/s1. The normalized spacial score (nSPS) is 24.8. The molecule has 0 spiro atoms. The van der Waals surface area contributed by atoms with E-state index in [1.54, 1.807) is 17.2 Å². The van der Waals surface area contributed by atoms with Crippen molar-refractivity contribution in [2.24, 2.45) is 11.8 Å². The quantitative estimate of drug-likeness (QED) is 0.777. The molecule has 2 amide bonds. The molecule has 2 fully saturated rings. The molecule has 0 aromatic heterocycles. The molecule has 4 rings (SSSR count). The second-order valence-electron chi connectivity index (χ2n) is 7.39. The van der Waals surface area contributed by atoms with Crippen LogP contribution in [0.15, 0.2) is 54.6 Å². The highest BCUT2D eigenvalue weighted by molar-refractivity contribution is 6.07. The number of carbonyl (C=O) groups is 2. The fourth-order valence-corrected chi connectivity index (χ4v) is 3.81. The first-order valence-corrected chi connectivity index (χ1v) is 9.09. The van der Waals surface area contributed by atoms with Crippen LogP contribution in [-0.2, 0) is 14.4 Å². The van der Waals surface area contributed by atoms with E-state index in [-0.39, 0.29) is 23.5 Å². The van der Waals surface area contributed by atoms with Gasteiger partial charge in [-0.15, -0.1) is 0 Å². The van der Waals surface area contributed by atoms with Crippen molar-refractivity contribution in [3.05, 3.63) is 66.0 Å². The summed E-state index contributed by atoms with van der Waals surface area (Å²) < 4.78 is 13.4. The lowest BCUT2D eigenvalue weighted by molar-refractivity contribution is -0.143. The molecule has 2 aromatic rings. The highest BCUT2D eigenvalue weighted by atomic mass is 19.1. The number of carbonyl (C=O) groups excluding carboxylic acids is 2. The van der Waals surface area contributed by atoms with E-state index >= 15 is 0 Å². The summed E-state index contributed by atoms with van der Waals surface area (Å²) in [6.45, 7) is 4.29. The van der Waals surface area contributed by atoms with E-state index in [1.165, 1.54) is 17.0 Å². The van der Waals surface area contributed by atoms with Crippen LogP contribution < -0.4 is 5.06 Å². The molecule has 0 aliphatic carbocycles. The van der Waals surface area contributed by atoms with Crippen molar-refractivity contribution in [2.75, 3.05) is 11.6 Å². The Kier molecular flexibility index (Phi) is 4.44. The number of rotatable bonds is 4. The van der Waals surface area contributed by atoms with E-state index in [4.69, 9.17) is 4.84 Å². The zero-order valence-electron chi connectivity index (χ0n) is 15.2. The first kappa shape index (κ1) is 17.7. The number of para-hydroxylation sites is 1. The molecule has 3 atom stereocenters. The number of anilines is 1. The molecule has 2 aromatic carbocycles. The number of fused-ring (bicyclic) bond motifs is 1. The van der Waals surface area contributed by atoms with Crippen molar-refractivity contribution >= 4 is 17.5 Å². The van der Waals surface area contributed by atoms with Gasteiger partial charge in [-0.25, -0.2) is 9.45 Å². The molecule has 2 heterocycles. The summed E-state index contributed by atoms with van der Waals surface area (Å²) >= 11 is 0. The van der Waals surface area contributed by atoms with Crippen LogP contribution in [0, 0.1) is 17.7 Å². The zero-order valence-corrected chi connectivity index (χ0v) is 15.2. The van der Waals surface area contributed by atoms with Crippen molar-refractivity contribution in [2.45, 2.75) is 26.0 Å². The smallest absolute Gasteiger partial charge is 0.262 e. The lowest BCUT2D eigenvalue weighted by atomic mass is 9.90. The molecule has 0 radical (unpaired) electrons. The number of amides is 2. The molecule has 140 valence electrons. The molecule has 0 unspecified atom stereocenters. The van der Waals surface area contributed by atoms with Gasteiger partial charge in [-0.05, 0) is 35.7 Å². The van der Waals surface area contributed by atoms with Gasteiger partial charge in [-0.1, -0.05) is 44.2 Å². The summed E-state index contributed by atoms with van der Waals surface area (Å²) in [5, 5.41) is 1.62. The van der Waals surface area contributed by atoms with Crippen molar-refractivity contribution < 1.29 is 18.8 Å². The Labute approximate surface area is 157 Å². The largest absolute Gasteiger partial charge is 0.280 e. The molecule has 2 aliphatic rings. The minimum Gasteiger partial charge on any atom is -0.280 e. The Hall–Kier alpha value is -2.73. The van der Waals surface area contributed by atoms with Gasteiger partial charge in [-0.3, -0.25) is 19.3 Å². The van der Waals surface area contributed by atoms with E-state index in [1.807, 2.05) is 44.2 Å². The third kappa shape index (κ3) is 3.00. The summed E-state index contributed by atoms with van der Waals surface area (Å²) in [6, 6.07) is 14.8. The first-order valence-electron chi connectivity index (χ1n) is 9.09. The van der Waals surface area contributed by atoms with Crippen LogP contribution in [0.5, 0.6) is 0 Å². The molecule has 27 heavy (non-hydrogen) atoms. The van der Waals surface area contributed by atoms with E-state index in [9.17, 15) is 14.0 Å². The number of imide groups is 1. The molecular weight excluding hydrogens is 347 g/mol. The summed E-state index contributed by atoms with van der Waals surface area (Å²) in [4.78, 5) is 33.2. The Bertz CT molecular complexity index is 853. The maximum Gasteiger partial charge on any atom is 0.262 e. The van der Waals surface area contributed by atoms with Crippen LogP contribution in [0.25, 0.3) is 0 Å². The van der Waals surface area contributed by atoms with Gasteiger partial charge < -0.3 is 0 Å². The Morgan fingerprint density at radius 1 is 1.00 bits per heavy atom. The summed E-state index contributed by atoms with van der Waals surface area (Å²) in [5.41, 5.74) is 1.48.